The molecule has 2 N–H and O–H groups in total. The number of hydrogen-bond donors (Lipinski definition) is 1. The fraction of sp³-hybridized carbons (Fsp3) is 0.632. The Hall–Kier alpha value is -1.64. The third-order valence-corrected chi connectivity index (χ3v) is 6.79. The van der Waals surface area contributed by atoms with E-state index < -0.39 is 10.0 Å². The van der Waals surface area contributed by atoms with Crippen molar-refractivity contribution in [1.82, 2.24) is 9.21 Å². The molecule has 0 saturated heterocycles. The molecule has 0 aromatic heterocycles. The summed E-state index contributed by atoms with van der Waals surface area (Å²) >= 11 is 0. The van der Waals surface area contributed by atoms with Crippen LogP contribution in [0.4, 0.5) is 0 Å². The van der Waals surface area contributed by atoms with Gasteiger partial charge in [0, 0.05) is 32.7 Å². The topological polar surface area (TPSA) is 92.9 Å². The standard InChI is InChI=1S/C19H33N3O4S/c1-7-22(8-2)27(24,25)15-9-10-18(26-6)16(13-15)19(23)21(5)12-11-17(20)14(3)4/h9-10,13-14,17H,7-8,11-12,20H2,1-6H3. The molecule has 8 heteroatoms. The van der Waals surface area contributed by atoms with Gasteiger partial charge in [-0.3, -0.25) is 4.79 Å². The van der Waals surface area contributed by atoms with E-state index in [9.17, 15) is 13.2 Å². The number of benzene rings is 1. The fourth-order valence-electron chi connectivity index (χ4n) is 2.71. The largest absolute Gasteiger partial charge is 0.496 e. The minimum absolute atomic E-state index is 0.00322. The van der Waals surface area contributed by atoms with Crippen LogP contribution in [0.1, 0.15) is 44.5 Å². The van der Waals surface area contributed by atoms with E-state index in [4.69, 9.17) is 10.5 Å². The number of ether oxygens (including phenoxy) is 1. The summed E-state index contributed by atoms with van der Waals surface area (Å²) in [7, 11) is -0.519. The zero-order chi connectivity index (χ0) is 20.8. The fourth-order valence-corrected chi connectivity index (χ4v) is 4.20. The molecular weight excluding hydrogens is 366 g/mol. The van der Waals surface area contributed by atoms with Crippen molar-refractivity contribution in [3.8, 4) is 5.75 Å². The Balaban J connectivity index is 3.17. The Morgan fingerprint density at radius 2 is 1.81 bits per heavy atom. The third kappa shape index (κ3) is 5.67. The predicted octanol–water partition coefficient (Wildman–Crippen LogP) is 2.17. The van der Waals surface area contributed by atoms with Crippen molar-refractivity contribution in [2.24, 2.45) is 11.7 Å². The lowest BCUT2D eigenvalue weighted by Crippen LogP contribution is -2.35. The number of nitrogens with two attached hydrogens (primary N) is 1. The van der Waals surface area contributed by atoms with Gasteiger partial charge in [-0.05, 0) is 30.5 Å². The first kappa shape index (κ1) is 23.4. The summed E-state index contributed by atoms with van der Waals surface area (Å²) < 4.78 is 32.2. The molecule has 1 amide bonds. The van der Waals surface area contributed by atoms with Crippen molar-refractivity contribution in [2.75, 3.05) is 33.8 Å². The van der Waals surface area contributed by atoms with E-state index in [1.165, 1.54) is 29.6 Å². The Morgan fingerprint density at radius 1 is 1.22 bits per heavy atom. The quantitative estimate of drug-likeness (QED) is 0.651. The Morgan fingerprint density at radius 3 is 2.30 bits per heavy atom. The maximum absolute atomic E-state index is 12.9. The molecule has 0 spiro atoms. The average Bonchev–Trinajstić information content (AvgIpc) is 2.65. The molecule has 154 valence electrons. The molecule has 1 aromatic carbocycles. The lowest BCUT2D eigenvalue weighted by atomic mass is 10.0. The lowest BCUT2D eigenvalue weighted by molar-refractivity contribution is 0.0785. The van der Waals surface area contributed by atoms with Crippen molar-refractivity contribution in [2.45, 2.75) is 45.1 Å². The van der Waals surface area contributed by atoms with Crippen LogP contribution in [-0.4, -0.2) is 63.4 Å². The summed E-state index contributed by atoms with van der Waals surface area (Å²) in [5.41, 5.74) is 6.29. The smallest absolute Gasteiger partial charge is 0.257 e. The van der Waals surface area contributed by atoms with Gasteiger partial charge in [0.2, 0.25) is 10.0 Å². The van der Waals surface area contributed by atoms with Crippen molar-refractivity contribution >= 4 is 15.9 Å². The molecule has 0 aliphatic carbocycles. The molecule has 1 rings (SSSR count). The second kappa shape index (κ2) is 10.1. The van der Waals surface area contributed by atoms with Crippen LogP contribution in [0.5, 0.6) is 5.75 Å². The number of nitrogens with zero attached hydrogens (tertiary/aromatic N) is 2. The van der Waals surface area contributed by atoms with Crippen molar-refractivity contribution in [3.05, 3.63) is 23.8 Å². The minimum atomic E-state index is -3.66. The van der Waals surface area contributed by atoms with E-state index in [2.05, 4.69) is 0 Å². The van der Waals surface area contributed by atoms with Crippen LogP contribution in [0, 0.1) is 5.92 Å². The highest BCUT2D eigenvalue weighted by Gasteiger charge is 2.25. The van der Waals surface area contributed by atoms with Gasteiger partial charge in [0.25, 0.3) is 5.91 Å². The van der Waals surface area contributed by atoms with E-state index in [0.29, 0.717) is 37.7 Å². The van der Waals surface area contributed by atoms with Crippen molar-refractivity contribution in [3.63, 3.8) is 0 Å². The van der Waals surface area contributed by atoms with Crippen LogP contribution < -0.4 is 10.5 Å². The predicted molar refractivity (Wildman–Crippen MR) is 107 cm³/mol. The number of methoxy groups -OCH3 is 1. The summed E-state index contributed by atoms with van der Waals surface area (Å²) in [4.78, 5) is 14.5. The van der Waals surface area contributed by atoms with Crippen molar-refractivity contribution in [1.29, 1.82) is 0 Å². The highest BCUT2D eigenvalue weighted by molar-refractivity contribution is 7.89. The maximum atomic E-state index is 12.9. The van der Waals surface area contributed by atoms with Gasteiger partial charge in [-0.1, -0.05) is 27.7 Å². The summed E-state index contributed by atoms with van der Waals surface area (Å²) in [5, 5.41) is 0. The van der Waals surface area contributed by atoms with E-state index in [-0.39, 0.29) is 22.4 Å². The Kier molecular flexibility index (Phi) is 8.71. The van der Waals surface area contributed by atoms with E-state index in [1.807, 2.05) is 13.8 Å². The molecule has 27 heavy (non-hydrogen) atoms. The van der Waals surface area contributed by atoms with Crippen LogP contribution in [0.3, 0.4) is 0 Å². The average molecular weight is 400 g/mol. The summed E-state index contributed by atoms with van der Waals surface area (Å²) in [6.07, 6.45) is 0.666. The molecule has 0 fully saturated rings. The van der Waals surface area contributed by atoms with Gasteiger partial charge in [0.15, 0.2) is 0 Å². The van der Waals surface area contributed by atoms with Crippen LogP contribution in [0.25, 0.3) is 0 Å². The van der Waals surface area contributed by atoms with E-state index in [1.54, 1.807) is 25.8 Å². The van der Waals surface area contributed by atoms with Crippen LogP contribution in [-0.2, 0) is 10.0 Å². The summed E-state index contributed by atoms with van der Waals surface area (Å²) in [6.45, 7) is 8.84. The highest BCUT2D eigenvalue weighted by Crippen LogP contribution is 2.25. The third-order valence-electron chi connectivity index (χ3n) is 4.75. The molecule has 0 aliphatic rings. The minimum Gasteiger partial charge on any atom is -0.496 e. The molecule has 1 atom stereocenters. The molecule has 1 aromatic rings. The van der Waals surface area contributed by atoms with Gasteiger partial charge in [-0.2, -0.15) is 4.31 Å². The Labute approximate surface area is 163 Å². The molecule has 0 aliphatic heterocycles. The van der Waals surface area contributed by atoms with E-state index >= 15 is 0 Å². The number of carbonyl (C=O) groups is 1. The van der Waals surface area contributed by atoms with Crippen LogP contribution in [0.15, 0.2) is 23.1 Å². The summed E-state index contributed by atoms with van der Waals surface area (Å²) in [6, 6.07) is 4.39. The van der Waals surface area contributed by atoms with Gasteiger partial charge in [-0.15, -0.1) is 0 Å². The van der Waals surface area contributed by atoms with Gasteiger partial charge in [0.1, 0.15) is 5.75 Å². The second-order valence-electron chi connectivity index (χ2n) is 6.87. The van der Waals surface area contributed by atoms with Crippen molar-refractivity contribution < 1.29 is 17.9 Å². The summed E-state index contributed by atoms with van der Waals surface area (Å²) in [5.74, 6) is 0.378. The maximum Gasteiger partial charge on any atom is 0.257 e. The second-order valence-corrected chi connectivity index (χ2v) is 8.81. The first-order valence-corrected chi connectivity index (χ1v) is 10.7. The zero-order valence-corrected chi connectivity index (χ0v) is 18.0. The van der Waals surface area contributed by atoms with Gasteiger partial charge >= 0.3 is 0 Å². The van der Waals surface area contributed by atoms with Gasteiger partial charge in [0.05, 0.1) is 17.6 Å². The molecule has 0 heterocycles. The van der Waals surface area contributed by atoms with Crippen LogP contribution >= 0.6 is 0 Å². The van der Waals surface area contributed by atoms with Crippen LogP contribution in [0.2, 0.25) is 0 Å². The molecule has 1 unspecified atom stereocenters. The molecular formula is C19H33N3O4S. The normalized spacial score (nSPS) is 13.1. The van der Waals surface area contributed by atoms with E-state index in [0.717, 1.165) is 0 Å². The first-order valence-electron chi connectivity index (χ1n) is 9.29. The number of amides is 1. The molecule has 0 radical (unpaired) electrons. The molecule has 7 nitrogen and oxygen atoms in total. The SMILES string of the molecule is CCN(CC)S(=O)(=O)c1ccc(OC)c(C(=O)N(C)CCC(N)C(C)C)c1. The van der Waals surface area contributed by atoms with Gasteiger partial charge in [-0.25, -0.2) is 8.42 Å². The molecule has 0 bridgehead atoms. The first-order chi connectivity index (χ1) is 12.6. The number of hydrogen-bond acceptors (Lipinski definition) is 5. The molecule has 0 saturated carbocycles. The Bertz CT molecular complexity index is 730. The highest BCUT2D eigenvalue weighted by atomic mass is 32.2. The lowest BCUT2D eigenvalue weighted by Gasteiger charge is -2.23. The zero-order valence-electron chi connectivity index (χ0n) is 17.2. The number of carbonyl (C=O) groups excluding carboxylic acids is 1. The number of sulfonamides is 1. The number of rotatable bonds is 10. The van der Waals surface area contributed by atoms with Gasteiger partial charge < -0.3 is 15.4 Å². The monoisotopic (exact) mass is 399 g/mol.